The van der Waals surface area contributed by atoms with Gasteiger partial charge >= 0.3 is 0 Å². The van der Waals surface area contributed by atoms with Gasteiger partial charge in [0.25, 0.3) is 0 Å². The Hall–Kier alpha value is -2.44. The molecule has 2 unspecified atom stereocenters. The number of aliphatic hydroxyl groups excluding tert-OH is 2. The van der Waals surface area contributed by atoms with Crippen molar-refractivity contribution in [3.8, 4) is 23.0 Å². The molecule has 0 aromatic heterocycles. The number of benzene rings is 2. The fourth-order valence-corrected chi connectivity index (χ4v) is 4.19. The SMILES string of the molecule is OCC1(CC2(CO)CCc3cc(O)ccc3O2)CCc2cc(O)ccc2O1. The topological polar surface area (TPSA) is 99.4 Å². The molecule has 0 saturated carbocycles. The summed E-state index contributed by atoms with van der Waals surface area (Å²) in [6.07, 6.45) is 2.79. The molecule has 2 heterocycles. The van der Waals surface area contributed by atoms with Gasteiger partial charge in [-0.05, 0) is 73.2 Å². The van der Waals surface area contributed by atoms with Crippen LogP contribution in [0.2, 0.25) is 0 Å². The van der Waals surface area contributed by atoms with Crippen molar-refractivity contribution in [1.82, 2.24) is 0 Å². The largest absolute Gasteiger partial charge is 0.508 e. The maximum atomic E-state index is 10.1. The Morgan fingerprint density at radius 3 is 1.59 bits per heavy atom. The van der Waals surface area contributed by atoms with Crippen LogP contribution in [-0.2, 0) is 12.8 Å². The number of aliphatic hydroxyl groups is 2. The summed E-state index contributed by atoms with van der Waals surface area (Å²) < 4.78 is 12.3. The summed E-state index contributed by atoms with van der Waals surface area (Å²) in [5.74, 6) is 1.66. The van der Waals surface area contributed by atoms with Crippen LogP contribution in [0.15, 0.2) is 36.4 Å². The third-order valence-corrected chi connectivity index (χ3v) is 5.66. The highest BCUT2D eigenvalue weighted by atomic mass is 16.5. The fourth-order valence-electron chi connectivity index (χ4n) is 4.19. The number of aromatic hydroxyl groups is 2. The van der Waals surface area contributed by atoms with Crippen LogP contribution in [0.1, 0.15) is 30.4 Å². The highest BCUT2D eigenvalue weighted by molar-refractivity contribution is 5.43. The van der Waals surface area contributed by atoms with E-state index in [1.54, 1.807) is 36.4 Å². The molecule has 144 valence electrons. The first-order valence-corrected chi connectivity index (χ1v) is 9.20. The number of phenols is 2. The minimum absolute atomic E-state index is 0.191. The van der Waals surface area contributed by atoms with Crippen molar-refractivity contribution in [2.24, 2.45) is 0 Å². The normalized spacial score (nSPS) is 26.4. The van der Waals surface area contributed by atoms with Gasteiger partial charge in [0, 0.05) is 6.42 Å². The van der Waals surface area contributed by atoms with Gasteiger partial charge in [0.2, 0.25) is 0 Å². The number of phenolic OH excluding ortho intramolecular Hbond substituents is 2. The lowest BCUT2D eigenvalue weighted by Crippen LogP contribution is -2.54. The molecule has 0 saturated heterocycles. The lowest BCUT2D eigenvalue weighted by molar-refractivity contribution is -0.0971. The van der Waals surface area contributed by atoms with Gasteiger partial charge in [0.1, 0.15) is 34.2 Å². The van der Waals surface area contributed by atoms with E-state index in [4.69, 9.17) is 9.47 Å². The molecule has 2 atom stereocenters. The number of fused-ring (bicyclic) bond motifs is 2. The second-order valence-corrected chi connectivity index (χ2v) is 7.65. The molecule has 0 aliphatic carbocycles. The summed E-state index contributed by atoms with van der Waals surface area (Å²) in [6, 6.07) is 9.90. The van der Waals surface area contributed by atoms with E-state index in [-0.39, 0.29) is 24.7 Å². The van der Waals surface area contributed by atoms with E-state index in [2.05, 4.69) is 0 Å². The average molecular weight is 372 g/mol. The zero-order chi connectivity index (χ0) is 19.1. The van der Waals surface area contributed by atoms with E-state index >= 15 is 0 Å². The van der Waals surface area contributed by atoms with Crippen molar-refractivity contribution in [2.75, 3.05) is 13.2 Å². The molecule has 4 N–H and O–H groups in total. The Morgan fingerprint density at radius 1 is 0.741 bits per heavy atom. The van der Waals surface area contributed by atoms with Crippen molar-refractivity contribution in [3.63, 3.8) is 0 Å². The number of hydrogen-bond acceptors (Lipinski definition) is 6. The van der Waals surface area contributed by atoms with Gasteiger partial charge in [-0.3, -0.25) is 0 Å². The van der Waals surface area contributed by atoms with Gasteiger partial charge in [0.05, 0.1) is 13.2 Å². The molecule has 2 aromatic rings. The summed E-state index contributed by atoms with van der Waals surface area (Å²) >= 11 is 0. The summed E-state index contributed by atoms with van der Waals surface area (Å²) in [5.41, 5.74) is 0.0902. The molecule has 6 heteroatoms. The number of ether oxygens (including phenoxy) is 2. The van der Waals surface area contributed by atoms with Crippen molar-refractivity contribution in [1.29, 1.82) is 0 Å². The smallest absolute Gasteiger partial charge is 0.136 e. The molecule has 4 rings (SSSR count). The van der Waals surface area contributed by atoms with Gasteiger partial charge in [-0.1, -0.05) is 0 Å². The molecule has 0 bridgehead atoms. The van der Waals surface area contributed by atoms with Crippen molar-refractivity contribution in [2.45, 2.75) is 43.3 Å². The Kier molecular flexibility index (Phi) is 4.40. The fraction of sp³-hybridized carbons (Fsp3) is 0.429. The standard InChI is InChI=1S/C21H24O6/c22-12-20(7-5-14-9-16(24)1-3-18(14)26-20)11-21(13-23)8-6-15-10-17(25)2-4-19(15)27-21/h1-4,9-10,22-25H,5-8,11-13H2. The van der Waals surface area contributed by atoms with E-state index in [9.17, 15) is 20.4 Å². The van der Waals surface area contributed by atoms with Crippen LogP contribution in [0.4, 0.5) is 0 Å². The monoisotopic (exact) mass is 372 g/mol. The maximum absolute atomic E-state index is 10.1. The first kappa shape index (κ1) is 17.9. The molecule has 27 heavy (non-hydrogen) atoms. The van der Waals surface area contributed by atoms with Gasteiger partial charge in [-0.15, -0.1) is 0 Å². The van der Waals surface area contributed by atoms with Crippen LogP contribution >= 0.6 is 0 Å². The van der Waals surface area contributed by atoms with E-state index < -0.39 is 11.2 Å². The predicted molar refractivity (Wildman–Crippen MR) is 98.4 cm³/mol. The third kappa shape index (κ3) is 3.31. The Balaban J connectivity index is 1.60. The summed E-state index contributed by atoms with van der Waals surface area (Å²) in [5, 5.41) is 39.6. The quantitative estimate of drug-likeness (QED) is 0.657. The van der Waals surface area contributed by atoms with Gasteiger partial charge in [0.15, 0.2) is 0 Å². The molecule has 6 nitrogen and oxygen atoms in total. The number of hydrogen-bond donors (Lipinski definition) is 4. The lowest BCUT2D eigenvalue weighted by Gasteiger charge is -2.45. The van der Waals surface area contributed by atoms with Crippen LogP contribution in [0, 0.1) is 0 Å². The van der Waals surface area contributed by atoms with E-state index in [1.165, 1.54) is 0 Å². The summed E-state index contributed by atoms with van der Waals surface area (Å²) in [4.78, 5) is 0. The average Bonchev–Trinajstić information content (AvgIpc) is 2.68. The molecule has 0 fully saturated rings. The minimum Gasteiger partial charge on any atom is -0.508 e. The van der Waals surface area contributed by atoms with Crippen LogP contribution in [0.5, 0.6) is 23.0 Å². The second kappa shape index (κ2) is 6.62. The van der Waals surface area contributed by atoms with Crippen molar-refractivity contribution >= 4 is 0 Å². The molecular weight excluding hydrogens is 348 g/mol. The van der Waals surface area contributed by atoms with Gasteiger partial charge < -0.3 is 29.9 Å². The first-order valence-electron chi connectivity index (χ1n) is 9.20. The van der Waals surface area contributed by atoms with Crippen molar-refractivity contribution in [3.05, 3.63) is 47.5 Å². The maximum Gasteiger partial charge on any atom is 0.136 e. The predicted octanol–water partition coefficient (Wildman–Crippen LogP) is 2.30. The van der Waals surface area contributed by atoms with Crippen LogP contribution in [0.25, 0.3) is 0 Å². The Labute approximate surface area is 157 Å². The molecule has 2 aliphatic rings. The van der Waals surface area contributed by atoms with Crippen LogP contribution in [-0.4, -0.2) is 44.8 Å². The zero-order valence-corrected chi connectivity index (χ0v) is 15.0. The lowest BCUT2D eigenvalue weighted by atomic mass is 9.78. The van der Waals surface area contributed by atoms with Gasteiger partial charge in [-0.2, -0.15) is 0 Å². The molecule has 2 aromatic carbocycles. The third-order valence-electron chi connectivity index (χ3n) is 5.66. The van der Waals surface area contributed by atoms with Crippen molar-refractivity contribution < 1.29 is 29.9 Å². The van der Waals surface area contributed by atoms with Crippen LogP contribution < -0.4 is 9.47 Å². The summed E-state index contributed by atoms with van der Waals surface area (Å²) in [7, 11) is 0. The Bertz CT molecular complexity index is 781. The van der Waals surface area contributed by atoms with Crippen LogP contribution in [0.3, 0.4) is 0 Å². The first-order chi connectivity index (χ1) is 13.0. The Morgan fingerprint density at radius 2 is 1.19 bits per heavy atom. The highest BCUT2D eigenvalue weighted by Gasteiger charge is 2.47. The molecule has 0 spiro atoms. The number of rotatable bonds is 4. The van der Waals surface area contributed by atoms with Gasteiger partial charge in [-0.25, -0.2) is 0 Å². The van der Waals surface area contributed by atoms with E-state index in [0.717, 1.165) is 11.1 Å². The number of aryl methyl sites for hydroxylation is 2. The second-order valence-electron chi connectivity index (χ2n) is 7.65. The van der Waals surface area contributed by atoms with E-state index in [0.29, 0.717) is 43.6 Å². The van der Waals surface area contributed by atoms with E-state index in [1.807, 2.05) is 0 Å². The molecule has 0 radical (unpaired) electrons. The molecular formula is C21H24O6. The summed E-state index contributed by atoms with van der Waals surface area (Å²) in [6.45, 7) is -0.387. The molecule has 0 amide bonds. The minimum atomic E-state index is -0.860. The highest BCUT2D eigenvalue weighted by Crippen LogP contribution is 2.43. The zero-order valence-electron chi connectivity index (χ0n) is 15.0. The molecule has 2 aliphatic heterocycles.